The maximum atomic E-state index is 8.63. The maximum Gasteiger partial charge on any atom is 4.00 e. The molecule has 0 saturated heterocycles. The van der Waals surface area contributed by atoms with E-state index in [1.807, 2.05) is 0 Å². The molecule has 0 atom stereocenters. The van der Waals surface area contributed by atoms with Gasteiger partial charge in [-0.3, -0.25) is 0 Å². The number of rotatable bonds is 0. The fourth-order valence-corrected chi connectivity index (χ4v) is 0. The molecule has 72 valence electrons. The predicted molar refractivity (Wildman–Crippen MR) is 6.36 cm³/mol. The van der Waals surface area contributed by atoms with Crippen LogP contribution >= 0.6 is 0 Å². The van der Waals surface area contributed by atoms with Gasteiger partial charge in [0.25, 0.3) is 0 Å². The van der Waals surface area contributed by atoms with E-state index in [4.69, 9.17) is 28.6 Å². The summed E-state index contributed by atoms with van der Waals surface area (Å²) in [7, 11) is 0. The first-order valence-electron chi connectivity index (χ1n) is 1.33. The Hall–Kier alpha value is 1.26. The molecule has 0 saturated carbocycles. The molecule has 0 spiro atoms. The predicted octanol–water partition coefficient (Wildman–Crippen LogP) is -6.06. The van der Waals surface area contributed by atoms with Crippen molar-refractivity contribution >= 4 is 0 Å². The molecule has 0 aliphatic carbocycles. The molecule has 0 aromatic rings. The van der Waals surface area contributed by atoms with Gasteiger partial charge in [-0.05, 0) is 0 Å². The minimum atomic E-state index is -6.02. The minimum absolute atomic E-state index is 0. The molecule has 0 bridgehead atoms. The van der Waals surface area contributed by atoms with Gasteiger partial charge >= 0.3 is 88.3 Å². The molecule has 0 aliphatic rings. The van der Waals surface area contributed by atoms with Crippen LogP contribution in [0.25, 0.3) is 0 Å². The molecule has 12 heteroatoms. The van der Waals surface area contributed by atoms with Crippen LogP contribution in [0.5, 0.6) is 0 Å². The summed E-state index contributed by atoms with van der Waals surface area (Å²) in [5, 5.41) is 0. The van der Waals surface area contributed by atoms with E-state index in [9.17, 15) is 0 Å². The van der Waals surface area contributed by atoms with Crippen LogP contribution in [0.1, 0.15) is 0 Å². The largest absolute Gasteiger partial charge is 4.00 e. The van der Waals surface area contributed by atoms with Crippen LogP contribution in [-0.4, -0.2) is 5.48 Å². The van der Waals surface area contributed by atoms with Gasteiger partial charge in [0.15, 0.2) is 0 Å². The Morgan fingerprint density at radius 2 is 0.667 bits per heavy atom. The average Bonchev–Trinajstić information content (AvgIpc) is 1.12. The van der Waals surface area contributed by atoms with Crippen LogP contribution in [0.2, 0.25) is 0 Å². The second-order valence-corrected chi connectivity index (χ2v) is 4.83. The molecule has 9 nitrogen and oxygen atoms in total. The van der Waals surface area contributed by atoms with Crippen molar-refractivity contribution in [3.8, 4) is 0 Å². The standard InChI is InChI=1S/2Mo.H2O.8O.Zr/h;;1H2;;;;;;;;;/q;;;;;;;4*-1;+4. The van der Waals surface area contributed by atoms with Gasteiger partial charge in [-0.1, -0.05) is 0 Å². The Morgan fingerprint density at radius 1 is 0.667 bits per heavy atom. The second-order valence-electron chi connectivity index (χ2n) is 0.816. The van der Waals surface area contributed by atoms with E-state index in [1.165, 1.54) is 0 Å². The van der Waals surface area contributed by atoms with Gasteiger partial charge < -0.3 is 5.48 Å². The third kappa shape index (κ3) is 747. The quantitative estimate of drug-likeness (QED) is 0.340. The molecule has 0 heterocycles. The molecule has 12 heavy (non-hydrogen) atoms. The van der Waals surface area contributed by atoms with Crippen LogP contribution in [-0.2, 0) is 73.3 Å². The Bertz CT molecular complexity index is 209. The van der Waals surface area contributed by atoms with Gasteiger partial charge in [-0.2, -0.15) is 0 Å². The zero-order valence-corrected chi connectivity index (χ0v) is 11.6. The van der Waals surface area contributed by atoms with Gasteiger partial charge in [-0.25, -0.2) is 0 Å². The minimum Gasteiger partial charge on any atom is 4.00 e. The van der Waals surface area contributed by atoms with E-state index in [2.05, 4.69) is 0 Å². The third-order valence-electron chi connectivity index (χ3n) is 0. The molecule has 0 radical (unpaired) electrons. The topological polar surface area (TPSA) is 192 Å². The van der Waals surface area contributed by atoms with Crippen LogP contribution in [0.3, 0.4) is 0 Å². The second kappa shape index (κ2) is 8.84. The summed E-state index contributed by atoms with van der Waals surface area (Å²) in [6, 6.07) is 0. The number of hydrogen-bond acceptors (Lipinski definition) is 8. The van der Waals surface area contributed by atoms with Crippen molar-refractivity contribution in [2.75, 3.05) is 0 Å². The number of hydrogen-bond donors (Lipinski definition) is 0. The first-order valence-corrected chi connectivity index (χ1v) is 7.89. The van der Waals surface area contributed by atoms with Crippen molar-refractivity contribution in [3.05, 3.63) is 0 Å². The molecule has 0 aromatic heterocycles. The SMILES string of the molecule is O.[O]=[Mo](=[O])([O-])[O-].[O]=[Mo](=[O])([O-])[O-].[Zr+4]. The summed E-state index contributed by atoms with van der Waals surface area (Å²) in [6.07, 6.45) is 0. The van der Waals surface area contributed by atoms with Crippen LogP contribution in [0.15, 0.2) is 0 Å². The van der Waals surface area contributed by atoms with Crippen molar-refractivity contribution in [3.63, 3.8) is 0 Å². The molecule has 0 amide bonds. The normalized spacial score (nSPS) is 9.67. The Kier molecular flexibility index (Phi) is 17.1. The van der Waals surface area contributed by atoms with E-state index in [0.29, 0.717) is 0 Å². The van der Waals surface area contributed by atoms with Crippen LogP contribution < -0.4 is 15.0 Å². The van der Waals surface area contributed by atoms with Gasteiger partial charge in [0, 0.05) is 0 Å². The summed E-state index contributed by atoms with van der Waals surface area (Å²) in [5.74, 6) is 0. The molecular weight excluding hydrogens is 427 g/mol. The first kappa shape index (κ1) is 23.2. The van der Waals surface area contributed by atoms with Crippen molar-refractivity contribution in [1.82, 2.24) is 0 Å². The summed E-state index contributed by atoms with van der Waals surface area (Å²) in [6.45, 7) is 0. The molecule has 0 unspecified atom stereocenters. The summed E-state index contributed by atoms with van der Waals surface area (Å²) < 4.78 is 69.0. The van der Waals surface area contributed by atoms with Gasteiger partial charge in [0.1, 0.15) is 0 Å². The van der Waals surface area contributed by atoms with Gasteiger partial charge in [-0.15, -0.1) is 0 Å². The van der Waals surface area contributed by atoms with Crippen LogP contribution in [0, 0.1) is 0 Å². The fraction of sp³-hybridized carbons (Fsp3) is 0. The molecule has 2 N–H and O–H groups in total. The van der Waals surface area contributed by atoms with E-state index >= 15 is 0 Å². The molecule has 0 aromatic carbocycles. The molecular formula is H2Mo2O9Zr. The maximum absolute atomic E-state index is 8.63. The third-order valence-corrected chi connectivity index (χ3v) is 0. The zero-order chi connectivity index (χ0) is 9.00. The summed E-state index contributed by atoms with van der Waals surface area (Å²) in [5.41, 5.74) is 0. The van der Waals surface area contributed by atoms with E-state index < -0.39 is 33.5 Å². The van der Waals surface area contributed by atoms with Crippen molar-refractivity contribution in [2.45, 2.75) is 0 Å². The smallest absolute Gasteiger partial charge is 4.00 e. The van der Waals surface area contributed by atoms with E-state index in [-0.39, 0.29) is 31.7 Å². The van der Waals surface area contributed by atoms with E-state index in [0.717, 1.165) is 0 Å². The van der Waals surface area contributed by atoms with E-state index in [1.54, 1.807) is 0 Å². The summed E-state index contributed by atoms with van der Waals surface area (Å²) >= 11 is -12.0. The molecule has 0 aliphatic heterocycles. The monoisotopic (exact) mass is 432 g/mol. The molecule has 0 rings (SSSR count). The van der Waals surface area contributed by atoms with Gasteiger partial charge in [0.2, 0.25) is 0 Å². The van der Waals surface area contributed by atoms with Crippen LogP contribution in [0.4, 0.5) is 0 Å². The Balaban J connectivity index is -0.0000000457. The van der Waals surface area contributed by atoms with Gasteiger partial charge in [0.05, 0.1) is 0 Å². The Labute approximate surface area is 92.9 Å². The van der Waals surface area contributed by atoms with Crippen molar-refractivity contribution in [2.24, 2.45) is 0 Å². The molecule has 0 fully saturated rings. The average molecular weight is 429 g/mol. The first-order chi connectivity index (χ1) is 4.00. The summed E-state index contributed by atoms with van der Waals surface area (Å²) in [4.78, 5) is 0. The fourth-order valence-electron chi connectivity index (χ4n) is 0. The van der Waals surface area contributed by atoms with Crippen molar-refractivity contribution in [1.29, 1.82) is 0 Å². The zero-order valence-electron chi connectivity index (χ0n) is 5.08. The van der Waals surface area contributed by atoms with Crippen molar-refractivity contribution < 1.29 is 93.8 Å². The Morgan fingerprint density at radius 3 is 0.667 bits per heavy atom.